The van der Waals surface area contributed by atoms with Crippen LogP contribution < -0.4 is 5.32 Å². The lowest BCUT2D eigenvalue weighted by Crippen LogP contribution is -2.37. The Kier molecular flexibility index (Phi) is 5.77. The number of hydrogen-bond acceptors (Lipinski definition) is 4. The lowest BCUT2D eigenvalue weighted by atomic mass is 10.1. The third-order valence-electron chi connectivity index (χ3n) is 3.64. The molecule has 1 N–H and O–H groups in total. The molecule has 0 aliphatic heterocycles. The lowest BCUT2D eigenvalue weighted by molar-refractivity contribution is 0.0684. The van der Waals surface area contributed by atoms with Gasteiger partial charge in [0.15, 0.2) is 0 Å². The number of aromatic nitrogens is 2. The number of nitrogens with zero attached hydrogens (tertiary/aromatic N) is 3. The van der Waals surface area contributed by atoms with E-state index in [2.05, 4.69) is 36.1 Å². The van der Waals surface area contributed by atoms with E-state index in [-0.39, 0.29) is 17.5 Å². The fraction of sp³-hybridized carbons (Fsp3) is 0.450. The molecule has 0 aliphatic rings. The summed E-state index contributed by atoms with van der Waals surface area (Å²) in [4.78, 5) is 23.7. The molecule has 1 aromatic carbocycles. The summed E-state index contributed by atoms with van der Waals surface area (Å²) < 4.78 is 0. The molecule has 2 rings (SSSR count). The van der Waals surface area contributed by atoms with Crippen LogP contribution in [0, 0.1) is 6.92 Å². The molecule has 0 atom stereocenters. The van der Waals surface area contributed by atoms with Crippen LogP contribution in [0.5, 0.6) is 0 Å². The van der Waals surface area contributed by atoms with Crippen LogP contribution in [0.3, 0.4) is 0 Å². The van der Waals surface area contributed by atoms with E-state index < -0.39 is 0 Å². The molecule has 2 aromatic rings. The van der Waals surface area contributed by atoms with Gasteiger partial charge in [0.05, 0.1) is 0 Å². The molecule has 0 bridgehead atoms. The van der Waals surface area contributed by atoms with Gasteiger partial charge >= 0.3 is 0 Å². The van der Waals surface area contributed by atoms with Gasteiger partial charge < -0.3 is 10.2 Å². The van der Waals surface area contributed by atoms with Crippen LogP contribution >= 0.6 is 0 Å². The smallest absolute Gasteiger partial charge is 0.273 e. The van der Waals surface area contributed by atoms with Gasteiger partial charge in [-0.3, -0.25) is 4.79 Å². The van der Waals surface area contributed by atoms with Gasteiger partial charge in [-0.25, -0.2) is 9.97 Å². The average Bonchev–Trinajstić information content (AvgIpc) is 2.50. The number of aryl methyl sites for hydroxylation is 1. The zero-order valence-electron chi connectivity index (χ0n) is 16.0. The first-order valence-electron chi connectivity index (χ1n) is 8.64. The van der Waals surface area contributed by atoms with E-state index in [9.17, 15) is 4.79 Å². The third-order valence-corrected chi connectivity index (χ3v) is 3.64. The second kappa shape index (κ2) is 7.64. The second-order valence-electron chi connectivity index (χ2n) is 7.57. The molecular formula is C20H28N4O. The van der Waals surface area contributed by atoms with Gasteiger partial charge in [0, 0.05) is 24.2 Å². The summed E-state index contributed by atoms with van der Waals surface area (Å²) in [6.07, 6.45) is 0. The SMILES string of the molecule is Cc1nc(NC(C)(C)C)cc(C(=O)N(Cc2ccccc2)C(C)C)n1. The Morgan fingerprint density at radius 1 is 1.16 bits per heavy atom. The minimum absolute atomic E-state index is 0.0713. The molecule has 0 fully saturated rings. The largest absolute Gasteiger partial charge is 0.365 e. The molecule has 1 amide bonds. The highest BCUT2D eigenvalue weighted by atomic mass is 16.2. The Balaban J connectivity index is 2.29. The summed E-state index contributed by atoms with van der Waals surface area (Å²) in [6.45, 7) is 12.6. The van der Waals surface area contributed by atoms with Gasteiger partial charge in [-0.2, -0.15) is 0 Å². The van der Waals surface area contributed by atoms with E-state index in [0.717, 1.165) is 5.56 Å². The summed E-state index contributed by atoms with van der Waals surface area (Å²) >= 11 is 0. The molecule has 134 valence electrons. The van der Waals surface area contributed by atoms with E-state index in [1.807, 2.05) is 56.0 Å². The molecule has 5 heteroatoms. The fourth-order valence-electron chi connectivity index (χ4n) is 2.54. The second-order valence-corrected chi connectivity index (χ2v) is 7.57. The molecule has 0 aliphatic carbocycles. The molecule has 0 radical (unpaired) electrons. The summed E-state index contributed by atoms with van der Waals surface area (Å²) in [5.74, 6) is 1.18. The van der Waals surface area contributed by atoms with Crippen molar-refractivity contribution in [1.29, 1.82) is 0 Å². The number of nitrogens with one attached hydrogen (secondary N) is 1. The molecular weight excluding hydrogens is 312 g/mol. The highest BCUT2D eigenvalue weighted by molar-refractivity contribution is 5.93. The van der Waals surface area contributed by atoms with Gasteiger partial charge in [-0.05, 0) is 47.1 Å². The molecule has 0 unspecified atom stereocenters. The minimum atomic E-state index is -0.136. The number of carbonyl (C=O) groups is 1. The molecule has 1 aromatic heterocycles. The van der Waals surface area contributed by atoms with Gasteiger partial charge in [0.1, 0.15) is 17.3 Å². The summed E-state index contributed by atoms with van der Waals surface area (Å²) in [5, 5.41) is 3.31. The number of anilines is 1. The monoisotopic (exact) mass is 340 g/mol. The zero-order valence-corrected chi connectivity index (χ0v) is 16.0. The standard InChI is InChI=1S/C20H28N4O/c1-14(2)24(13-16-10-8-7-9-11-16)19(25)17-12-18(22-15(3)21-17)23-20(4,5)6/h7-12,14H,13H2,1-6H3,(H,21,22,23). The van der Waals surface area contributed by atoms with Crippen LogP contribution in [0.4, 0.5) is 5.82 Å². The predicted octanol–water partition coefficient (Wildman–Crippen LogP) is 4.05. The van der Waals surface area contributed by atoms with Crippen LogP contribution in [-0.2, 0) is 6.54 Å². The molecule has 0 saturated carbocycles. The Labute approximate surface area is 150 Å². The molecule has 0 saturated heterocycles. The maximum atomic E-state index is 13.1. The maximum Gasteiger partial charge on any atom is 0.273 e. The van der Waals surface area contributed by atoms with Crippen LogP contribution in [-0.4, -0.2) is 32.4 Å². The molecule has 25 heavy (non-hydrogen) atoms. The number of carbonyl (C=O) groups excluding carboxylic acids is 1. The maximum absolute atomic E-state index is 13.1. The van der Waals surface area contributed by atoms with Crippen molar-refractivity contribution in [1.82, 2.24) is 14.9 Å². The van der Waals surface area contributed by atoms with Gasteiger partial charge in [0.25, 0.3) is 5.91 Å². The molecule has 5 nitrogen and oxygen atoms in total. The van der Waals surface area contributed by atoms with Gasteiger partial charge in [0.2, 0.25) is 0 Å². The highest BCUT2D eigenvalue weighted by Crippen LogP contribution is 2.17. The van der Waals surface area contributed by atoms with Crippen molar-refractivity contribution < 1.29 is 4.79 Å². The van der Waals surface area contributed by atoms with Gasteiger partial charge in [-0.1, -0.05) is 30.3 Å². The van der Waals surface area contributed by atoms with Crippen LogP contribution in [0.15, 0.2) is 36.4 Å². The topological polar surface area (TPSA) is 58.1 Å². The first-order valence-corrected chi connectivity index (χ1v) is 8.64. The molecule has 1 heterocycles. The lowest BCUT2D eigenvalue weighted by Gasteiger charge is -2.27. The van der Waals surface area contributed by atoms with Crippen molar-refractivity contribution in [2.45, 2.75) is 59.7 Å². The zero-order chi connectivity index (χ0) is 18.6. The quantitative estimate of drug-likeness (QED) is 0.892. The summed E-state index contributed by atoms with van der Waals surface area (Å²) in [6, 6.07) is 11.8. The summed E-state index contributed by atoms with van der Waals surface area (Å²) in [7, 11) is 0. The van der Waals surface area contributed by atoms with Crippen molar-refractivity contribution in [2.75, 3.05) is 5.32 Å². The van der Waals surface area contributed by atoms with Crippen LogP contribution in [0.2, 0.25) is 0 Å². The van der Waals surface area contributed by atoms with Crippen molar-refractivity contribution in [3.63, 3.8) is 0 Å². The fourth-order valence-corrected chi connectivity index (χ4v) is 2.54. The van der Waals surface area contributed by atoms with E-state index >= 15 is 0 Å². The average molecular weight is 340 g/mol. The predicted molar refractivity (Wildman–Crippen MR) is 102 cm³/mol. The van der Waals surface area contributed by atoms with Crippen LogP contribution in [0.1, 0.15) is 56.5 Å². The van der Waals surface area contributed by atoms with E-state index in [0.29, 0.717) is 23.9 Å². The Bertz CT molecular complexity index is 720. The number of rotatable bonds is 5. The van der Waals surface area contributed by atoms with Gasteiger partial charge in [-0.15, -0.1) is 0 Å². The Morgan fingerprint density at radius 3 is 2.36 bits per heavy atom. The number of hydrogen-bond donors (Lipinski definition) is 1. The normalized spacial score (nSPS) is 11.5. The summed E-state index contributed by atoms with van der Waals surface area (Å²) in [5.41, 5.74) is 1.38. The van der Waals surface area contributed by atoms with Crippen LogP contribution in [0.25, 0.3) is 0 Å². The number of amides is 1. The Hall–Kier alpha value is -2.43. The Morgan fingerprint density at radius 2 is 1.80 bits per heavy atom. The minimum Gasteiger partial charge on any atom is -0.365 e. The first kappa shape index (κ1) is 18.9. The molecule has 0 spiro atoms. The van der Waals surface area contributed by atoms with Crippen molar-refractivity contribution >= 4 is 11.7 Å². The van der Waals surface area contributed by atoms with E-state index in [4.69, 9.17) is 0 Å². The van der Waals surface area contributed by atoms with E-state index in [1.165, 1.54) is 0 Å². The third kappa shape index (κ3) is 5.55. The van der Waals surface area contributed by atoms with E-state index in [1.54, 1.807) is 6.07 Å². The van der Waals surface area contributed by atoms with Crippen molar-refractivity contribution in [3.8, 4) is 0 Å². The highest BCUT2D eigenvalue weighted by Gasteiger charge is 2.22. The van der Waals surface area contributed by atoms with Crippen molar-refractivity contribution in [3.05, 3.63) is 53.5 Å². The first-order chi connectivity index (χ1) is 11.7. The number of benzene rings is 1. The van der Waals surface area contributed by atoms with Crippen molar-refractivity contribution in [2.24, 2.45) is 0 Å².